The van der Waals surface area contributed by atoms with Crippen LogP contribution in [0.5, 0.6) is 11.5 Å². The lowest BCUT2D eigenvalue weighted by Crippen LogP contribution is -2.33. The zero-order chi connectivity index (χ0) is 20.3. The summed E-state index contributed by atoms with van der Waals surface area (Å²) in [4.78, 5) is 15.0. The summed E-state index contributed by atoms with van der Waals surface area (Å²) in [5.74, 6) is 1.35. The first-order valence-electron chi connectivity index (χ1n) is 9.15. The third-order valence-corrected chi connectivity index (χ3v) is 7.80. The highest BCUT2D eigenvalue weighted by molar-refractivity contribution is 7.99. The fourth-order valence-corrected chi connectivity index (χ4v) is 5.20. The number of aliphatic hydroxyl groups excluding tert-OH is 1. The zero-order valence-corrected chi connectivity index (χ0v) is 17.7. The highest BCUT2D eigenvalue weighted by Crippen LogP contribution is 2.34. The number of hydrogen-bond acceptors (Lipinski definition) is 7. The second-order valence-electron chi connectivity index (χ2n) is 7.09. The number of sulfonamides is 1. The fraction of sp³-hybridized carbons (Fsp3) is 0.611. The van der Waals surface area contributed by atoms with Crippen LogP contribution in [-0.4, -0.2) is 86.6 Å². The Balaban J connectivity index is 1.48. The van der Waals surface area contributed by atoms with Crippen LogP contribution in [0.3, 0.4) is 0 Å². The maximum absolute atomic E-state index is 12.5. The van der Waals surface area contributed by atoms with Crippen LogP contribution in [0.1, 0.15) is 6.42 Å². The SMILES string of the molecule is CN(C)S(=O)(=O)C[C@@H]1CN(C(=O)CCSc2ccc3c(c2)OCCO3)C[C@H]1O. The van der Waals surface area contributed by atoms with Gasteiger partial charge in [-0.05, 0) is 18.2 Å². The predicted molar refractivity (Wildman–Crippen MR) is 106 cm³/mol. The third-order valence-electron chi connectivity index (χ3n) is 4.84. The molecule has 1 aromatic rings. The van der Waals surface area contributed by atoms with E-state index in [4.69, 9.17) is 9.47 Å². The van der Waals surface area contributed by atoms with Crippen molar-refractivity contribution in [2.75, 3.05) is 51.9 Å². The summed E-state index contributed by atoms with van der Waals surface area (Å²) < 4.78 is 36.3. The fourth-order valence-electron chi connectivity index (χ4n) is 3.17. The highest BCUT2D eigenvalue weighted by Gasteiger charge is 2.37. The molecule has 1 amide bonds. The van der Waals surface area contributed by atoms with Crippen molar-refractivity contribution in [1.82, 2.24) is 9.21 Å². The van der Waals surface area contributed by atoms with Crippen molar-refractivity contribution in [2.24, 2.45) is 5.92 Å². The zero-order valence-electron chi connectivity index (χ0n) is 16.0. The van der Waals surface area contributed by atoms with E-state index in [0.29, 0.717) is 25.4 Å². The number of carbonyl (C=O) groups excluding carboxylic acids is 1. The first-order chi connectivity index (χ1) is 13.3. The number of benzene rings is 1. The summed E-state index contributed by atoms with van der Waals surface area (Å²) in [6.07, 6.45) is -0.497. The van der Waals surface area contributed by atoms with Gasteiger partial charge in [0, 0.05) is 50.2 Å². The van der Waals surface area contributed by atoms with E-state index in [9.17, 15) is 18.3 Å². The van der Waals surface area contributed by atoms with Crippen molar-refractivity contribution < 1.29 is 27.8 Å². The molecule has 1 aromatic carbocycles. The standard InChI is InChI=1S/C18H26N2O6S2/c1-19(2)28(23,24)12-13-10-20(11-15(13)21)18(22)5-8-27-14-3-4-16-17(9-14)26-7-6-25-16/h3-4,9,13,15,21H,5-8,10-12H2,1-2H3/t13-,15+/m0/s1. The number of amides is 1. The molecule has 28 heavy (non-hydrogen) atoms. The van der Waals surface area contributed by atoms with Gasteiger partial charge in [-0.25, -0.2) is 12.7 Å². The van der Waals surface area contributed by atoms with E-state index < -0.39 is 22.0 Å². The summed E-state index contributed by atoms with van der Waals surface area (Å²) in [6.45, 7) is 1.52. The van der Waals surface area contributed by atoms with Gasteiger partial charge in [-0.3, -0.25) is 4.79 Å². The molecule has 1 N–H and O–H groups in total. The number of aliphatic hydroxyl groups is 1. The molecule has 3 rings (SSSR count). The molecule has 2 aliphatic rings. The summed E-state index contributed by atoms with van der Waals surface area (Å²) in [7, 11) is -0.481. The first kappa shape index (κ1) is 21.2. The topological polar surface area (TPSA) is 96.4 Å². The van der Waals surface area contributed by atoms with Gasteiger partial charge < -0.3 is 19.5 Å². The maximum atomic E-state index is 12.5. The van der Waals surface area contributed by atoms with Crippen molar-refractivity contribution in [3.63, 3.8) is 0 Å². The Hall–Kier alpha value is -1.49. The van der Waals surface area contributed by atoms with E-state index in [1.807, 2.05) is 18.2 Å². The summed E-state index contributed by atoms with van der Waals surface area (Å²) >= 11 is 1.55. The molecule has 1 fully saturated rings. The van der Waals surface area contributed by atoms with E-state index in [-0.39, 0.29) is 24.7 Å². The van der Waals surface area contributed by atoms with Crippen LogP contribution in [-0.2, 0) is 14.8 Å². The third kappa shape index (κ3) is 5.11. The second-order valence-corrected chi connectivity index (χ2v) is 10.5. The van der Waals surface area contributed by atoms with Crippen molar-refractivity contribution >= 4 is 27.7 Å². The number of rotatable bonds is 7. The van der Waals surface area contributed by atoms with Gasteiger partial charge in [0.05, 0.1) is 11.9 Å². The highest BCUT2D eigenvalue weighted by atomic mass is 32.2. The van der Waals surface area contributed by atoms with Crippen molar-refractivity contribution in [3.05, 3.63) is 18.2 Å². The van der Waals surface area contributed by atoms with Gasteiger partial charge in [0.25, 0.3) is 0 Å². The van der Waals surface area contributed by atoms with Crippen molar-refractivity contribution in [2.45, 2.75) is 17.4 Å². The van der Waals surface area contributed by atoms with Crippen LogP contribution in [0.15, 0.2) is 23.1 Å². The molecule has 0 unspecified atom stereocenters. The van der Waals surface area contributed by atoms with E-state index in [0.717, 1.165) is 20.7 Å². The predicted octanol–water partition coefficient (Wildman–Crippen LogP) is 0.651. The monoisotopic (exact) mass is 430 g/mol. The quantitative estimate of drug-likeness (QED) is 0.635. The summed E-state index contributed by atoms with van der Waals surface area (Å²) in [6, 6.07) is 5.71. The molecule has 8 nitrogen and oxygen atoms in total. The van der Waals surface area contributed by atoms with E-state index in [1.54, 1.807) is 16.7 Å². The maximum Gasteiger partial charge on any atom is 0.223 e. The molecule has 156 valence electrons. The van der Waals surface area contributed by atoms with E-state index in [2.05, 4.69) is 0 Å². The number of carbonyl (C=O) groups is 1. The first-order valence-corrected chi connectivity index (χ1v) is 11.7. The minimum Gasteiger partial charge on any atom is -0.486 e. The van der Waals surface area contributed by atoms with Crippen LogP contribution >= 0.6 is 11.8 Å². The molecule has 2 aliphatic heterocycles. The van der Waals surface area contributed by atoms with Gasteiger partial charge in [0.2, 0.25) is 15.9 Å². The lowest BCUT2D eigenvalue weighted by Gasteiger charge is -2.19. The number of β-amino-alcohol motifs (C(OH)–C–C–N with tert-alkyl or cyclic N) is 1. The van der Waals surface area contributed by atoms with Crippen molar-refractivity contribution in [3.8, 4) is 11.5 Å². The Bertz CT molecular complexity index is 814. The van der Waals surface area contributed by atoms with Gasteiger partial charge in [-0.2, -0.15) is 0 Å². The van der Waals surface area contributed by atoms with Crippen LogP contribution < -0.4 is 9.47 Å². The molecule has 10 heteroatoms. The molecule has 0 bridgehead atoms. The molecular formula is C18H26N2O6S2. The molecular weight excluding hydrogens is 404 g/mol. The number of fused-ring (bicyclic) bond motifs is 1. The molecule has 0 spiro atoms. The summed E-state index contributed by atoms with van der Waals surface area (Å²) in [5, 5.41) is 10.2. The second kappa shape index (κ2) is 8.89. The molecule has 2 atom stereocenters. The average molecular weight is 431 g/mol. The van der Waals surface area contributed by atoms with Gasteiger partial charge in [0.1, 0.15) is 13.2 Å². The number of likely N-dealkylation sites (tertiary alicyclic amines) is 1. The lowest BCUT2D eigenvalue weighted by atomic mass is 10.1. The Morgan fingerprint density at radius 3 is 2.68 bits per heavy atom. The van der Waals surface area contributed by atoms with Gasteiger partial charge >= 0.3 is 0 Å². The largest absolute Gasteiger partial charge is 0.486 e. The molecule has 0 radical (unpaired) electrons. The molecule has 1 saturated heterocycles. The number of nitrogens with zero attached hydrogens (tertiary/aromatic N) is 2. The lowest BCUT2D eigenvalue weighted by molar-refractivity contribution is -0.130. The smallest absolute Gasteiger partial charge is 0.223 e. The number of hydrogen-bond donors (Lipinski definition) is 1. The van der Waals surface area contributed by atoms with E-state index in [1.165, 1.54) is 14.1 Å². The Morgan fingerprint density at radius 2 is 1.96 bits per heavy atom. The Morgan fingerprint density at radius 1 is 1.25 bits per heavy atom. The van der Waals surface area contributed by atoms with Crippen LogP contribution in [0, 0.1) is 5.92 Å². The molecule has 0 aromatic heterocycles. The van der Waals surface area contributed by atoms with Gasteiger partial charge in [0.15, 0.2) is 11.5 Å². The minimum absolute atomic E-state index is 0.0751. The Labute approximate surface area is 169 Å². The number of thioether (sulfide) groups is 1. The van der Waals surface area contributed by atoms with Gasteiger partial charge in [-0.15, -0.1) is 11.8 Å². The minimum atomic E-state index is -3.42. The van der Waals surface area contributed by atoms with Crippen LogP contribution in [0.2, 0.25) is 0 Å². The van der Waals surface area contributed by atoms with E-state index >= 15 is 0 Å². The Kier molecular flexibility index (Phi) is 6.74. The molecule has 0 aliphatic carbocycles. The normalized spacial score (nSPS) is 21.9. The van der Waals surface area contributed by atoms with Crippen LogP contribution in [0.4, 0.5) is 0 Å². The number of ether oxygens (including phenoxy) is 2. The summed E-state index contributed by atoms with van der Waals surface area (Å²) in [5.41, 5.74) is 0. The molecule has 0 saturated carbocycles. The van der Waals surface area contributed by atoms with Gasteiger partial charge in [-0.1, -0.05) is 0 Å². The van der Waals surface area contributed by atoms with Crippen LogP contribution in [0.25, 0.3) is 0 Å². The van der Waals surface area contributed by atoms with Crippen molar-refractivity contribution in [1.29, 1.82) is 0 Å². The average Bonchev–Trinajstić information content (AvgIpc) is 3.01. The molecule has 2 heterocycles.